The number of hydrogen-bond acceptors (Lipinski definition) is 6. The number of nitro benzene ring substituents is 1. The molecule has 4 aromatic carbocycles. The first-order valence-electron chi connectivity index (χ1n) is 11.4. The number of anilines is 1. The lowest BCUT2D eigenvalue weighted by Crippen LogP contribution is -2.11. The van der Waals surface area contributed by atoms with Crippen LogP contribution in [0.1, 0.15) is 10.4 Å². The van der Waals surface area contributed by atoms with Crippen molar-refractivity contribution >= 4 is 28.1 Å². The number of carbonyl (C=O) groups excluding carboxylic acids is 1. The van der Waals surface area contributed by atoms with Gasteiger partial charge in [0.05, 0.1) is 22.6 Å². The van der Waals surface area contributed by atoms with E-state index in [1.165, 1.54) is 23.5 Å². The van der Waals surface area contributed by atoms with Crippen LogP contribution < -0.4 is 10.1 Å². The van der Waals surface area contributed by atoms with E-state index in [4.69, 9.17) is 9.72 Å². The van der Waals surface area contributed by atoms with E-state index in [0.717, 1.165) is 27.3 Å². The Balaban J connectivity index is 1.45. The van der Waals surface area contributed by atoms with E-state index in [1.54, 1.807) is 31.4 Å². The molecule has 0 bridgehead atoms. The monoisotopic (exact) mass is 507 g/mol. The van der Waals surface area contributed by atoms with Gasteiger partial charge in [0.2, 0.25) is 0 Å². The third-order valence-corrected chi connectivity index (χ3v) is 6.83. The Bertz CT molecular complexity index is 1550. The summed E-state index contributed by atoms with van der Waals surface area (Å²) in [4.78, 5) is 29.2. The third kappa shape index (κ3) is 5.24. The van der Waals surface area contributed by atoms with Crippen molar-refractivity contribution in [2.75, 3.05) is 12.4 Å². The summed E-state index contributed by atoms with van der Waals surface area (Å²) >= 11 is 1.34. The summed E-state index contributed by atoms with van der Waals surface area (Å²) < 4.78 is 5.27. The van der Waals surface area contributed by atoms with Crippen LogP contribution in [-0.4, -0.2) is 22.9 Å². The largest absolute Gasteiger partial charge is 0.497 e. The SMILES string of the molecule is COc1ccc(-c2sc(NC(=O)c3ccc(-c4ccccc4)cc3)nc2-c2ccc([N+](=O)[O-])cc2)cc1. The van der Waals surface area contributed by atoms with Gasteiger partial charge in [-0.1, -0.05) is 53.8 Å². The lowest BCUT2D eigenvalue weighted by atomic mass is 10.0. The molecule has 37 heavy (non-hydrogen) atoms. The standard InChI is InChI=1S/C29H21N3O4S/c1-36-25-17-13-22(14-18-25)27-26(21-11-15-24(16-12-21)32(34)35)30-29(37-27)31-28(33)23-9-7-20(8-10-23)19-5-3-2-4-6-19/h2-18H,1H3,(H,30,31,33). The maximum absolute atomic E-state index is 13.0. The van der Waals surface area contributed by atoms with Gasteiger partial charge in [0.25, 0.3) is 11.6 Å². The van der Waals surface area contributed by atoms with Gasteiger partial charge in [-0.3, -0.25) is 20.2 Å². The smallest absolute Gasteiger partial charge is 0.269 e. The molecular weight excluding hydrogens is 486 g/mol. The topological polar surface area (TPSA) is 94.4 Å². The highest BCUT2D eigenvalue weighted by Gasteiger charge is 2.18. The summed E-state index contributed by atoms with van der Waals surface area (Å²) in [7, 11) is 1.60. The van der Waals surface area contributed by atoms with E-state index in [-0.39, 0.29) is 11.6 Å². The van der Waals surface area contributed by atoms with Crippen molar-refractivity contribution in [1.82, 2.24) is 4.98 Å². The maximum Gasteiger partial charge on any atom is 0.269 e. The molecular formula is C29H21N3O4S. The van der Waals surface area contributed by atoms with E-state index < -0.39 is 4.92 Å². The van der Waals surface area contributed by atoms with E-state index in [0.29, 0.717) is 22.0 Å². The molecule has 1 amide bonds. The summed E-state index contributed by atoms with van der Waals surface area (Å²) in [6.45, 7) is 0. The Morgan fingerprint density at radius 3 is 2.03 bits per heavy atom. The molecule has 1 heterocycles. The summed E-state index contributed by atoms with van der Waals surface area (Å²) in [5, 5.41) is 14.4. The van der Waals surface area contributed by atoms with Gasteiger partial charge in [-0.2, -0.15) is 0 Å². The second-order valence-corrected chi connectivity index (χ2v) is 9.13. The number of carbonyl (C=O) groups is 1. The van der Waals surface area contributed by atoms with Crippen molar-refractivity contribution in [3.8, 4) is 38.6 Å². The van der Waals surface area contributed by atoms with Crippen LogP contribution in [-0.2, 0) is 0 Å². The molecule has 0 aliphatic rings. The number of ether oxygens (including phenoxy) is 1. The molecule has 0 fully saturated rings. The Kier molecular flexibility index (Phi) is 6.74. The molecule has 0 unspecified atom stereocenters. The number of thiazole rings is 1. The molecule has 1 N–H and O–H groups in total. The van der Waals surface area contributed by atoms with E-state index >= 15 is 0 Å². The fraction of sp³-hybridized carbons (Fsp3) is 0.0345. The number of nitrogens with one attached hydrogen (secondary N) is 1. The minimum Gasteiger partial charge on any atom is -0.497 e. The Morgan fingerprint density at radius 1 is 0.811 bits per heavy atom. The second kappa shape index (κ2) is 10.4. The fourth-order valence-electron chi connectivity index (χ4n) is 3.86. The first-order chi connectivity index (χ1) is 18.0. The lowest BCUT2D eigenvalue weighted by Gasteiger charge is -2.04. The van der Waals surface area contributed by atoms with E-state index in [9.17, 15) is 14.9 Å². The maximum atomic E-state index is 13.0. The highest BCUT2D eigenvalue weighted by atomic mass is 32.1. The van der Waals surface area contributed by atoms with Gasteiger partial charge < -0.3 is 4.74 Å². The van der Waals surface area contributed by atoms with Crippen molar-refractivity contribution in [2.45, 2.75) is 0 Å². The van der Waals surface area contributed by atoms with Crippen molar-refractivity contribution in [3.05, 3.63) is 119 Å². The van der Waals surface area contributed by atoms with Crippen LogP contribution in [0.4, 0.5) is 10.8 Å². The van der Waals surface area contributed by atoms with Crippen LogP contribution in [0.25, 0.3) is 32.8 Å². The first kappa shape index (κ1) is 23.9. The lowest BCUT2D eigenvalue weighted by molar-refractivity contribution is -0.384. The second-order valence-electron chi connectivity index (χ2n) is 8.13. The zero-order valence-electron chi connectivity index (χ0n) is 19.8. The van der Waals surface area contributed by atoms with Crippen molar-refractivity contribution in [1.29, 1.82) is 0 Å². The average molecular weight is 508 g/mol. The fourth-order valence-corrected chi connectivity index (χ4v) is 4.85. The van der Waals surface area contributed by atoms with Crippen molar-refractivity contribution < 1.29 is 14.5 Å². The normalized spacial score (nSPS) is 10.6. The summed E-state index contributed by atoms with van der Waals surface area (Å²) in [6, 6.07) is 31.1. The Hall–Kier alpha value is -4.82. The minimum absolute atomic E-state index is 0.00236. The van der Waals surface area contributed by atoms with Gasteiger partial charge in [-0.05, 0) is 65.2 Å². The molecule has 0 atom stereocenters. The minimum atomic E-state index is -0.441. The molecule has 182 valence electrons. The van der Waals surface area contributed by atoms with Crippen LogP contribution in [0.2, 0.25) is 0 Å². The molecule has 0 aliphatic carbocycles. The third-order valence-electron chi connectivity index (χ3n) is 5.81. The molecule has 5 rings (SSSR count). The average Bonchev–Trinajstić information content (AvgIpc) is 3.37. The van der Waals surface area contributed by atoms with Crippen molar-refractivity contribution in [2.24, 2.45) is 0 Å². The van der Waals surface area contributed by atoms with Gasteiger partial charge in [0.1, 0.15) is 5.75 Å². The number of aromatic nitrogens is 1. The van der Waals surface area contributed by atoms with Gasteiger partial charge in [0.15, 0.2) is 5.13 Å². The van der Waals surface area contributed by atoms with Gasteiger partial charge in [0, 0.05) is 23.3 Å². The van der Waals surface area contributed by atoms with Crippen LogP contribution in [0.15, 0.2) is 103 Å². The molecule has 5 aromatic rings. The van der Waals surface area contributed by atoms with E-state index in [1.807, 2.05) is 66.7 Å². The molecule has 0 spiro atoms. The molecule has 8 heteroatoms. The molecule has 1 aromatic heterocycles. The molecule has 0 saturated carbocycles. The summed E-state index contributed by atoms with van der Waals surface area (Å²) in [5.41, 5.74) is 4.83. The van der Waals surface area contributed by atoms with Gasteiger partial charge in [-0.25, -0.2) is 4.98 Å². The van der Waals surface area contributed by atoms with Crippen molar-refractivity contribution in [3.63, 3.8) is 0 Å². The number of benzene rings is 4. The number of nitrogens with zero attached hydrogens (tertiary/aromatic N) is 2. The highest BCUT2D eigenvalue weighted by Crippen LogP contribution is 2.40. The number of non-ortho nitro benzene ring substituents is 1. The van der Waals surface area contributed by atoms with Crippen LogP contribution in [0.5, 0.6) is 5.75 Å². The van der Waals surface area contributed by atoms with E-state index in [2.05, 4.69) is 5.32 Å². The Morgan fingerprint density at radius 2 is 1.41 bits per heavy atom. The summed E-state index contributed by atoms with van der Waals surface area (Å²) in [5.74, 6) is 0.447. The number of amides is 1. The number of methoxy groups -OCH3 is 1. The first-order valence-corrected chi connectivity index (χ1v) is 12.2. The summed E-state index contributed by atoms with van der Waals surface area (Å²) in [6.07, 6.45) is 0. The molecule has 0 radical (unpaired) electrons. The quantitative estimate of drug-likeness (QED) is 0.184. The molecule has 0 aliphatic heterocycles. The number of hydrogen-bond donors (Lipinski definition) is 1. The zero-order chi connectivity index (χ0) is 25.8. The Labute approximate surface area is 217 Å². The van der Waals surface area contributed by atoms with Gasteiger partial charge >= 0.3 is 0 Å². The number of rotatable bonds is 7. The highest BCUT2D eigenvalue weighted by molar-refractivity contribution is 7.19. The number of nitro groups is 1. The van der Waals surface area contributed by atoms with Crippen LogP contribution >= 0.6 is 11.3 Å². The van der Waals surface area contributed by atoms with Crippen LogP contribution in [0, 0.1) is 10.1 Å². The molecule has 7 nitrogen and oxygen atoms in total. The predicted molar refractivity (Wildman–Crippen MR) is 146 cm³/mol. The predicted octanol–water partition coefficient (Wildman–Crippen LogP) is 7.31. The van der Waals surface area contributed by atoms with Crippen LogP contribution in [0.3, 0.4) is 0 Å². The molecule has 0 saturated heterocycles. The zero-order valence-corrected chi connectivity index (χ0v) is 20.6. The van der Waals surface area contributed by atoms with Gasteiger partial charge in [-0.15, -0.1) is 0 Å².